The van der Waals surface area contributed by atoms with Gasteiger partial charge in [0.15, 0.2) is 5.17 Å². The second-order valence-corrected chi connectivity index (χ2v) is 4.45. The first-order chi connectivity index (χ1) is 6.34. The van der Waals surface area contributed by atoms with Gasteiger partial charge in [-0.05, 0) is 18.5 Å². The maximum atomic E-state index is 4.34. The van der Waals surface area contributed by atoms with Crippen molar-refractivity contribution in [1.29, 1.82) is 0 Å². The third-order valence-electron chi connectivity index (χ3n) is 1.64. The third kappa shape index (κ3) is 2.41. The fraction of sp³-hybridized carbons (Fsp3) is 0.571. The van der Waals surface area contributed by atoms with Crippen LogP contribution in [0.4, 0.5) is 0 Å². The standard InChI is InChI=1S/C7H10N4S2/c1-5-2-8-7(9-5)12-3-6-4-13-11-10-6/h4-5H,2-3H2,1H3,(H,8,9). The van der Waals surface area contributed by atoms with Crippen molar-refractivity contribution in [2.24, 2.45) is 4.99 Å². The Morgan fingerprint density at radius 2 is 2.69 bits per heavy atom. The van der Waals surface area contributed by atoms with Crippen LogP contribution >= 0.6 is 23.3 Å². The SMILES string of the molecule is CC1CN=C(SCc2csnn2)N1. The lowest BCUT2D eigenvalue weighted by Gasteiger charge is -2.03. The van der Waals surface area contributed by atoms with Gasteiger partial charge in [0.1, 0.15) is 0 Å². The number of hydrogen-bond donors (Lipinski definition) is 1. The van der Waals surface area contributed by atoms with Crippen LogP contribution in [-0.4, -0.2) is 27.3 Å². The number of aliphatic imine (C=N–C) groups is 1. The molecule has 0 fully saturated rings. The van der Waals surface area contributed by atoms with E-state index in [9.17, 15) is 0 Å². The molecule has 0 bridgehead atoms. The summed E-state index contributed by atoms with van der Waals surface area (Å²) in [6, 6.07) is 0.482. The molecule has 1 unspecified atom stereocenters. The largest absolute Gasteiger partial charge is 0.361 e. The summed E-state index contributed by atoms with van der Waals surface area (Å²) < 4.78 is 3.80. The van der Waals surface area contributed by atoms with Gasteiger partial charge in [-0.15, -0.1) is 5.10 Å². The van der Waals surface area contributed by atoms with Crippen LogP contribution in [0, 0.1) is 0 Å². The van der Waals surface area contributed by atoms with Gasteiger partial charge in [0.25, 0.3) is 0 Å². The van der Waals surface area contributed by atoms with Crippen molar-refractivity contribution in [2.75, 3.05) is 6.54 Å². The van der Waals surface area contributed by atoms with Gasteiger partial charge >= 0.3 is 0 Å². The van der Waals surface area contributed by atoms with E-state index in [4.69, 9.17) is 0 Å². The minimum atomic E-state index is 0.482. The van der Waals surface area contributed by atoms with Gasteiger partial charge in [0, 0.05) is 17.2 Å². The molecule has 0 aromatic carbocycles. The number of rotatable bonds is 2. The number of nitrogens with one attached hydrogen (secondary N) is 1. The maximum absolute atomic E-state index is 4.34. The Kier molecular flexibility index (Phi) is 2.80. The second-order valence-electron chi connectivity index (χ2n) is 2.88. The number of hydrogen-bond acceptors (Lipinski definition) is 6. The van der Waals surface area contributed by atoms with Crippen LogP contribution < -0.4 is 5.32 Å². The molecule has 70 valence electrons. The molecule has 1 N–H and O–H groups in total. The highest BCUT2D eigenvalue weighted by molar-refractivity contribution is 8.13. The predicted octanol–water partition coefficient (Wildman–Crippen LogP) is 1.12. The summed E-state index contributed by atoms with van der Waals surface area (Å²) in [5, 5.41) is 10.2. The molecule has 0 amide bonds. The number of thioether (sulfide) groups is 1. The molecule has 2 heterocycles. The van der Waals surface area contributed by atoms with Crippen LogP contribution in [0.25, 0.3) is 0 Å². The van der Waals surface area contributed by atoms with E-state index in [-0.39, 0.29) is 0 Å². The average molecular weight is 214 g/mol. The molecule has 1 atom stereocenters. The van der Waals surface area contributed by atoms with Crippen molar-refractivity contribution >= 4 is 28.5 Å². The van der Waals surface area contributed by atoms with E-state index in [1.807, 2.05) is 5.38 Å². The number of amidine groups is 1. The summed E-state index contributed by atoms with van der Waals surface area (Å²) in [5.41, 5.74) is 1.03. The zero-order chi connectivity index (χ0) is 9.10. The van der Waals surface area contributed by atoms with E-state index in [0.29, 0.717) is 6.04 Å². The molecule has 4 nitrogen and oxygen atoms in total. The Morgan fingerprint density at radius 1 is 1.77 bits per heavy atom. The van der Waals surface area contributed by atoms with Gasteiger partial charge in [0.2, 0.25) is 0 Å². The minimum absolute atomic E-state index is 0.482. The van der Waals surface area contributed by atoms with Crippen molar-refractivity contribution in [3.8, 4) is 0 Å². The van der Waals surface area contributed by atoms with E-state index in [2.05, 4.69) is 26.8 Å². The molecule has 0 saturated heterocycles. The molecule has 1 aliphatic rings. The van der Waals surface area contributed by atoms with Crippen LogP contribution in [0.2, 0.25) is 0 Å². The molecule has 1 aromatic rings. The lowest BCUT2D eigenvalue weighted by Crippen LogP contribution is -2.25. The first-order valence-corrected chi connectivity index (χ1v) is 5.86. The molecular weight excluding hydrogens is 204 g/mol. The van der Waals surface area contributed by atoms with Gasteiger partial charge in [0.05, 0.1) is 12.2 Å². The summed E-state index contributed by atoms with van der Waals surface area (Å²) >= 11 is 3.08. The minimum Gasteiger partial charge on any atom is -0.361 e. The quantitative estimate of drug-likeness (QED) is 0.801. The van der Waals surface area contributed by atoms with Crippen molar-refractivity contribution in [3.63, 3.8) is 0 Å². The zero-order valence-corrected chi connectivity index (χ0v) is 8.86. The number of aromatic nitrogens is 2. The van der Waals surface area contributed by atoms with Gasteiger partial charge in [-0.25, -0.2) is 0 Å². The van der Waals surface area contributed by atoms with Gasteiger partial charge in [-0.3, -0.25) is 4.99 Å². The van der Waals surface area contributed by atoms with Gasteiger partial charge in [-0.1, -0.05) is 16.3 Å². The van der Waals surface area contributed by atoms with Crippen LogP contribution in [-0.2, 0) is 5.75 Å². The van der Waals surface area contributed by atoms with Crippen LogP contribution in [0.3, 0.4) is 0 Å². The van der Waals surface area contributed by atoms with Crippen molar-refractivity contribution in [2.45, 2.75) is 18.7 Å². The topological polar surface area (TPSA) is 50.2 Å². The summed E-state index contributed by atoms with van der Waals surface area (Å²) in [6.07, 6.45) is 0. The Morgan fingerprint density at radius 3 is 3.31 bits per heavy atom. The maximum Gasteiger partial charge on any atom is 0.157 e. The van der Waals surface area contributed by atoms with Crippen LogP contribution in [0.15, 0.2) is 10.4 Å². The molecule has 0 aliphatic carbocycles. The van der Waals surface area contributed by atoms with Crippen molar-refractivity contribution in [1.82, 2.24) is 14.9 Å². The fourth-order valence-electron chi connectivity index (χ4n) is 0.998. The first-order valence-electron chi connectivity index (χ1n) is 4.04. The molecule has 1 aliphatic heterocycles. The first kappa shape index (κ1) is 8.96. The lowest BCUT2D eigenvalue weighted by atomic mass is 10.4. The highest BCUT2D eigenvalue weighted by atomic mass is 32.2. The van der Waals surface area contributed by atoms with E-state index in [0.717, 1.165) is 23.2 Å². The molecule has 13 heavy (non-hydrogen) atoms. The molecule has 0 saturated carbocycles. The van der Waals surface area contributed by atoms with Gasteiger partial charge < -0.3 is 5.32 Å². The van der Waals surface area contributed by atoms with Crippen LogP contribution in [0.1, 0.15) is 12.6 Å². The fourth-order valence-corrected chi connectivity index (χ4v) is 2.43. The Labute approximate surface area is 85.0 Å². The second kappa shape index (κ2) is 4.06. The highest BCUT2D eigenvalue weighted by Crippen LogP contribution is 2.14. The predicted molar refractivity (Wildman–Crippen MR) is 56.1 cm³/mol. The molecular formula is C7H10N4S2. The van der Waals surface area contributed by atoms with E-state index in [1.165, 1.54) is 11.5 Å². The van der Waals surface area contributed by atoms with Crippen LogP contribution in [0.5, 0.6) is 0 Å². The Bertz CT molecular complexity index is 295. The Hall–Kier alpha value is -0.620. The van der Waals surface area contributed by atoms with E-state index >= 15 is 0 Å². The summed E-state index contributed by atoms with van der Waals surface area (Å²) in [7, 11) is 0. The lowest BCUT2D eigenvalue weighted by molar-refractivity contribution is 0.728. The molecule has 6 heteroatoms. The summed E-state index contributed by atoms with van der Waals surface area (Å²) in [6.45, 7) is 3.01. The summed E-state index contributed by atoms with van der Waals surface area (Å²) in [4.78, 5) is 4.34. The van der Waals surface area contributed by atoms with E-state index in [1.54, 1.807) is 11.8 Å². The molecule has 2 rings (SSSR count). The smallest absolute Gasteiger partial charge is 0.157 e. The molecule has 0 radical (unpaired) electrons. The highest BCUT2D eigenvalue weighted by Gasteiger charge is 2.12. The summed E-state index contributed by atoms with van der Waals surface area (Å²) in [5.74, 6) is 0.856. The number of nitrogens with zero attached hydrogens (tertiary/aromatic N) is 3. The van der Waals surface area contributed by atoms with E-state index < -0.39 is 0 Å². The molecule has 0 spiro atoms. The Balaban J connectivity index is 1.81. The monoisotopic (exact) mass is 214 g/mol. The third-order valence-corrected chi connectivity index (χ3v) is 3.15. The normalized spacial score (nSPS) is 21.3. The van der Waals surface area contributed by atoms with Crippen molar-refractivity contribution in [3.05, 3.63) is 11.1 Å². The average Bonchev–Trinajstić information content (AvgIpc) is 2.71. The zero-order valence-electron chi connectivity index (χ0n) is 7.23. The molecule has 1 aromatic heterocycles. The van der Waals surface area contributed by atoms with Gasteiger partial charge in [-0.2, -0.15) is 0 Å². The van der Waals surface area contributed by atoms with Crippen molar-refractivity contribution < 1.29 is 0 Å².